The van der Waals surface area contributed by atoms with E-state index >= 15 is 0 Å². The van der Waals surface area contributed by atoms with Crippen molar-refractivity contribution in [3.05, 3.63) is 90.0 Å². The summed E-state index contributed by atoms with van der Waals surface area (Å²) in [5.41, 5.74) is 3.08. The van der Waals surface area contributed by atoms with E-state index < -0.39 is 0 Å². The van der Waals surface area contributed by atoms with Gasteiger partial charge in [0.1, 0.15) is 13.1 Å². The average molecular weight is 475 g/mol. The molecule has 8 heteroatoms. The van der Waals surface area contributed by atoms with Crippen molar-refractivity contribution in [3.63, 3.8) is 0 Å². The van der Waals surface area contributed by atoms with Crippen LogP contribution >= 0.6 is 11.8 Å². The highest BCUT2D eigenvalue weighted by Gasteiger charge is 2.33. The van der Waals surface area contributed by atoms with E-state index in [-0.39, 0.29) is 30.9 Å². The fourth-order valence-electron chi connectivity index (χ4n) is 3.73. The van der Waals surface area contributed by atoms with Crippen LogP contribution in [0.4, 0.5) is 16.2 Å². The van der Waals surface area contributed by atoms with Crippen molar-refractivity contribution in [3.8, 4) is 0 Å². The summed E-state index contributed by atoms with van der Waals surface area (Å²) >= 11 is 1.66. The third-order valence-corrected chi connectivity index (χ3v) is 6.28. The number of nitrogens with one attached hydrogen (secondary N) is 2. The number of carbonyl (C=O) groups excluding carboxylic acids is 3. The van der Waals surface area contributed by atoms with Gasteiger partial charge in [-0.1, -0.05) is 54.6 Å². The van der Waals surface area contributed by atoms with Gasteiger partial charge in [-0.25, -0.2) is 4.79 Å². The Labute approximate surface area is 203 Å². The zero-order valence-corrected chi connectivity index (χ0v) is 19.7. The van der Waals surface area contributed by atoms with E-state index in [1.165, 1.54) is 9.80 Å². The molecule has 0 spiro atoms. The number of urea groups is 1. The first-order valence-corrected chi connectivity index (χ1v) is 12.2. The Morgan fingerprint density at radius 3 is 2.15 bits per heavy atom. The van der Waals surface area contributed by atoms with Crippen LogP contribution in [0.1, 0.15) is 11.1 Å². The maximum Gasteiger partial charge on any atom is 0.322 e. The Hall–Kier alpha value is -3.78. The number of rotatable bonds is 7. The lowest BCUT2D eigenvalue weighted by atomic mass is 10.1. The first-order valence-electron chi connectivity index (χ1n) is 10.9. The van der Waals surface area contributed by atoms with Crippen molar-refractivity contribution in [2.75, 3.05) is 29.1 Å². The van der Waals surface area contributed by atoms with Gasteiger partial charge in [0.2, 0.25) is 11.8 Å². The summed E-state index contributed by atoms with van der Waals surface area (Å²) in [6, 6.07) is 24.3. The molecule has 0 aromatic heterocycles. The van der Waals surface area contributed by atoms with Gasteiger partial charge in [0.25, 0.3) is 0 Å². The molecule has 0 aliphatic carbocycles. The van der Waals surface area contributed by atoms with Crippen LogP contribution in [0, 0.1) is 0 Å². The molecular formula is C26H26N4O3S. The number of carbonyl (C=O) groups is 3. The van der Waals surface area contributed by atoms with Gasteiger partial charge in [-0.15, -0.1) is 11.8 Å². The zero-order valence-electron chi connectivity index (χ0n) is 18.9. The van der Waals surface area contributed by atoms with Crippen LogP contribution in [0.15, 0.2) is 83.8 Å². The van der Waals surface area contributed by atoms with E-state index in [0.717, 1.165) is 16.0 Å². The molecule has 34 heavy (non-hydrogen) atoms. The fourth-order valence-corrected chi connectivity index (χ4v) is 4.14. The Bertz CT molecular complexity index is 1170. The average Bonchev–Trinajstić information content (AvgIpc) is 2.88. The molecule has 0 atom stereocenters. The van der Waals surface area contributed by atoms with Crippen molar-refractivity contribution < 1.29 is 14.4 Å². The number of amides is 4. The van der Waals surface area contributed by atoms with E-state index in [2.05, 4.69) is 10.6 Å². The maximum atomic E-state index is 12.9. The lowest BCUT2D eigenvalue weighted by Crippen LogP contribution is -2.53. The second-order valence-electron chi connectivity index (χ2n) is 7.82. The summed E-state index contributed by atoms with van der Waals surface area (Å²) in [6.07, 6.45) is 2.01. The van der Waals surface area contributed by atoms with Crippen LogP contribution in [0.3, 0.4) is 0 Å². The predicted octanol–water partition coefficient (Wildman–Crippen LogP) is 3.79. The van der Waals surface area contributed by atoms with Gasteiger partial charge in [0.05, 0.1) is 11.4 Å². The largest absolute Gasteiger partial charge is 0.350 e. The van der Waals surface area contributed by atoms with Crippen LogP contribution in [0.2, 0.25) is 0 Å². The van der Waals surface area contributed by atoms with E-state index in [1.54, 1.807) is 30.0 Å². The number of para-hydroxylation sites is 2. The third-order valence-electron chi connectivity index (χ3n) is 5.54. The fraction of sp³-hybridized carbons (Fsp3) is 0.192. The molecule has 1 aliphatic heterocycles. The first kappa shape index (κ1) is 23.4. The van der Waals surface area contributed by atoms with E-state index in [4.69, 9.17) is 0 Å². The lowest BCUT2D eigenvalue weighted by molar-refractivity contribution is -0.123. The minimum Gasteiger partial charge on any atom is -0.350 e. The Morgan fingerprint density at radius 2 is 1.44 bits per heavy atom. The van der Waals surface area contributed by atoms with E-state index in [1.807, 2.05) is 66.9 Å². The maximum absolute atomic E-state index is 12.9. The smallest absolute Gasteiger partial charge is 0.322 e. The van der Waals surface area contributed by atoms with Gasteiger partial charge >= 0.3 is 6.03 Å². The van der Waals surface area contributed by atoms with Crippen LogP contribution in [-0.2, 0) is 22.7 Å². The third kappa shape index (κ3) is 5.58. The Kier molecular flexibility index (Phi) is 7.49. The molecule has 4 amide bonds. The number of hydrogen-bond acceptors (Lipinski definition) is 4. The number of nitrogens with zero attached hydrogens (tertiary/aromatic N) is 2. The number of anilines is 2. The highest BCUT2D eigenvalue weighted by Crippen LogP contribution is 2.33. The first-order chi connectivity index (χ1) is 16.5. The highest BCUT2D eigenvalue weighted by atomic mass is 32.2. The number of benzene rings is 3. The van der Waals surface area contributed by atoms with Gasteiger partial charge in [0.15, 0.2) is 0 Å². The minimum atomic E-state index is -0.359. The van der Waals surface area contributed by atoms with Crippen LogP contribution in [-0.4, -0.2) is 37.2 Å². The van der Waals surface area contributed by atoms with E-state index in [0.29, 0.717) is 24.5 Å². The molecule has 3 aromatic rings. The van der Waals surface area contributed by atoms with Crippen molar-refractivity contribution in [1.82, 2.24) is 10.6 Å². The quantitative estimate of drug-likeness (QED) is 0.511. The molecule has 174 valence electrons. The zero-order chi connectivity index (χ0) is 23.9. The molecule has 1 heterocycles. The van der Waals surface area contributed by atoms with Gasteiger partial charge in [-0.2, -0.15) is 0 Å². The summed E-state index contributed by atoms with van der Waals surface area (Å²) < 4.78 is 0. The molecule has 0 saturated carbocycles. The van der Waals surface area contributed by atoms with Gasteiger partial charge in [-0.3, -0.25) is 19.4 Å². The molecule has 1 aliphatic rings. The van der Waals surface area contributed by atoms with Gasteiger partial charge < -0.3 is 10.6 Å². The van der Waals surface area contributed by atoms with Crippen LogP contribution in [0.25, 0.3) is 0 Å². The molecule has 7 nitrogen and oxygen atoms in total. The molecular weight excluding hydrogens is 448 g/mol. The Morgan fingerprint density at radius 1 is 0.824 bits per heavy atom. The molecule has 3 aromatic carbocycles. The van der Waals surface area contributed by atoms with E-state index in [9.17, 15) is 14.4 Å². The molecule has 0 unspecified atom stereocenters. The second-order valence-corrected chi connectivity index (χ2v) is 8.70. The summed E-state index contributed by atoms with van der Waals surface area (Å²) in [5.74, 6) is -0.577. The van der Waals surface area contributed by atoms with Gasteiger partial charge in [0, 0.05) is 18.0 Å². The van der Waals surface area contributed by atoms with Gasteiger partial charge in [-0.05, 0) is 41.6 Å². The normalized spacial score (nSPS) is 12.8. The number of thioether (sulfide) groups is 1. The lowest BCUT2D eigenvalue weighted by Gasteiger charge is -2.35. The predicted molar refractivity (Wildman–Crippen MR) is 135 cm³/mol. The molecule has 0 fully saturated rings. The van der Waals surface area contributed by atoms with Crippen molar-refractivity contribution in [1.29, 1.82) is 0 Å². The summed E-state index contributed by atoms with van der Waals surface area (Å²) in [6.45, 7) is 0.487. The van der Waals surface area contributed by atoms with Crippen LogP contribution < -0.4 is 20.4 Å². The van der Waals surface area contributed by atoms with Crippen LogP contribution in [0.5, 0.6) is 0 Å². The van der Waals surface area contributed by atoms with Crippen molar-refractivity contribution in [2.45, 2.75) is 18.0 Å². The molecule has 2 N–H and O–H groups in total. The number of fused-ring (bicyclic) bond motifs is 1. The highest BCUT2D eigenvalue weighted by molar-refractivity contribution is 7.98. The minimum absolute atomic E-state index is 0.113. The monoisotopic (exact) mass is 474 g/mol. The second kappa shape index (κ2) is 10.9. The topological polar surface area (TPSA) is 81.8 Å². The SMILES string of the molecule is CSc1ccc(CNC(=O)CN2C(=O)CN(C(=O)NCc3ccccc3)c3ccccc32)cc1. The Balaban J connectivity index is 1.41. The van der Waals surface area contributed by atoms with Crippen molar-refractivity contribution >= 4 is 41.0 Å². The summed E-state index contributed by atoms with van der Waals surface area (Å²) in [5, 5.41) is 5.74. The standard InChI is InChI=1S/C26H26N4O3S/c1-34-21-13-11-20(12-14-21)15-27-24(31)17-29-22-9-5-6-10-23(22)30(18-25(29)32)26(33)28-16-19-7-3-2-4-8-19/h2-14H,15-18H2,1H3,(H,27,31)(H,28,33). The number of hydrogen-bond donors (Lipinski definition) is 2. The molecule has 0 saturated heterocycles. The molecule has 0 bridgehead atoms. The summed E-state index contributed by atoms with van der Waals surface area (Å²) in [7, 11) is 0. The molecule has 0 radical (unpaired) electrons. The van der Waals surface area contributed by atoms with Crippen molar-refractivity contribution in [2.24, 2.45) is 0 Å². The summed E-state index contributed by atoms with van der Waals surface area (Å²) in [4.78, 5) is 42.5. The molecule has 4 rings (SSSR count).